The van der Waals surface area contributed by atoms with E-state index in [-0.39, 0.29) is 5.54 Å². The molecule has 3 rings (SSSR count). The van der Waals surface area contributed by atoms with E-state index in [9.17, 15) is 0 Å². The number of hydrogen-bond acceptors (Lipinski definition) is 2. The highest BCUT2D eigenvalue weighted by Crippen LogP contribution is 2.40. The molecule has 2 aliphatic rings. The standard InChI is InChI=1S/C19H30N2/c1-2-16-7-5-12-19(15-20,13-11-16)21-14-6-9-17-8-3-4-10-18(17)21/h3-4,8,10,16H,2,5-7,9,11-15,20H2,1H3. The topological polar surface area (TPSA) is 29.3 Å². The fraction of sp³-hybridized carbons (Fsp3) is 0.684. The van der Waals surface area contributed by atoms with E-state index in [1.165, 1.54) is 69.2 Å². The van der Waals surface area contributed by atoms with Crippen LogP contribution in [0.2, 0.25) is 0 Å². The third-order valence-electron chi connectivity index (χ3n) is 5.91. The molecule has 2 N–H and O–H groups in total. The van der Waals surface area contributed by atoms with Gasteiger partial charge in [-0.2, -0.15) is 0 Å². The Hall–Kier alpha value is -1.02. The Morgan fingerprint density at radius 2 is 2.05 bits per heavy atom. The first kappa shape index (κ1) is 14.9. The van der Waals surface area contributed by atoms with E-state index in [0.29, 0.717) is 0 Å². The third kappa shape index (κ3) is 2.83. The van der Waals surface area contributed by atoms with E-state index in [1.807, 2.05) is 0 Å². The maximum absolute atomic E-state index is 6.34. The van der Waals surface area contributed by atoms with Gasteiger partial charge in [-0.1, -0.05) is 44.4 Å². The fourth-order valence-electron chi connectivity index (χ4n) is 4.48. The van der Waals surface area contributed by atoms with Crippen LogP contribution in [0.5, 0.6) is 0 Å². The molecule has 2 heteroatoms. The van der Waals surface area contributed by atoms with Gasteiger partial charge in [0.25, 0.3) is 0 Å². The normalized spacial score (nSPS) is 29.8. The van der Waals surface area contributed by atoms with Crippen molar-refractivity contribution in [2.45, 2.75) is 63.8 Å². The molecule has 0 amide bonds. The van der Waals surface area contributed by atoms with Crippen LogP contribution in [0, 0.1) is 5.92 Å². The third-order valence-corrected chi connectivity index (χ3v) is 5.91. The molecule has 21 heavy (non-hydrogen) atoms. The molecule has 1 heterocycles. The van der Waals surface area contributed by atoms with Crippen molar-refractivity contribution < 1.29 is 0 Å². The molecule has 0 bridgehead atoms. The summed E-state index contributed by atoms with van der Waals surface area (Å²) in [4.78, 5) is 2.68. The van der Waals surface area contributed by atoms with Crippen LogP contribution in [0.4, 0.5) is 5.69 Å². The molecule has 0 saturated heterocycles. The minimum absolute atomic E-state index is 0.209. The van der Waals surface area contributed by atoms with Crippen LogP contribution in [-0.4, -0.2) is 18.6 Å². The number of aryl methyl sites for hydroxylation is 1. The number of fused-ring (bicyclic) bond motifs is 1. The average molecular weight is 286 g/mol. The Labute approximate surface area is 129 Å². The van der Waals surface area contributed by atoms with E-state index < -0.39 is 0 Å². The first-order valence-electron chi connectivity index (χ1n) is 8.85. The van der Waals surface area contributed by atoms with Crippen molar-refractivity contribution in [1.29, 1.82) is 0 Å². The van der Waals surface area contributed by atoms with Crippen molar-refractivity contribution in [3.63, 3.8) is 0 Å². The summed E-state index contributed by atoms with van der Waals surface area (Å²) in [6.45, 7) is 4.33. The molecule has 1 aliphatic heterocycles. The molecule has 1 aromatic rings. The van der Waals surface area contributed by atoms with Gasteiger partial charge in [-0.3, -0.25) is 0 Å². The number of hydrogen-bond donors (Lipinski definition) is 1. The van der Waals surface area contributed by atoms with Gasteiger partial charge >= 0.3 is 0 Å². The van der Waals surface area contributed by atoms with Gasteiger partial charge in [0, 0.05) is 18.8 Å². The lowest BCUT2D eigenvalue weighted by molar-refractivity contribution is 0.332. The van der Waals surface area contributed by atoms with Crippen LogP contribution in [0.25, 0.3) is 0 Å². The number of anilines is 1. The minimum Gasteiger partial charge on any atom is -0.364 e. The molecule has 1 aromatic carbocycles. The number of nitrogens with two attached hydrogens (primary N) is 1. The molecule has 1 aliphatic carbocycles. The van der Waals surface area contributed by atoms with Gasteiger partial charge in [0.15, 0.2) is 0 Å². The van der Waals surface area contributed by atoms with E-state index in [2.05, 4.69) is 36.1 Å². The predicted molar refractivity (Wildman–Crippen MR) is 90.8 cm³/mol. The zero-order chi connectivity index (χ0) is 14.7. The van der Waals surface area contributed by atoms with Crippen LogP contribution in [0.15, 0.2) is 24.3 Å². The Bertz CT molecular complexity index is 470. The summed E-state index contributed by atoms with van der Waals surface area (Å²) in [6.07, 6.45) is 10.5. The maximum Gasteiger partial charge on any atom is 0.0524 e. The second kappa shape index (κ2) is 6.39. The summed E-state index contributed by atoms with van der Waals surface area (Å²) in [5.74, 6) is 0.915. The van der Waals surface area contributed by atoms with Crippen LogP contribution in [0.1, 0.15) is 57.4 Å². The zero-order valence-electron chi connectivity index (χ0n) is 13.5. The highest BCUT2D eigenvalue weighted by atomic mass is 15.2. The highest BCUT2D eigenvalue weighted by molar-refractivity contribution is 5.57. The quantitative estimate of drug-likeness (QED) is 0.847. The summed E-state index contributed by atoms with van der Waals surface area (Å²) in [6, 6.07) is 8.98. The van der Waals surface area contributed by atoms with Crippen molar-refractivity contribution in [2.24, 2.45) is 11.7 Å². The predicted octanol–water partition coefficient (Wildman–Crippen LogP) is 4.13. The van der Waals surface area contributed by atoms with Crippen molar-refractivity contribution in [3.8, 4) is 0 Å². The van der Waals surface area contributed by atoms with E-state index in [4.69, 9.17) is 5.73 Å². The van der Waals surface area contributed by atoms with E-state index >= 15 is 0 Å². The van der Waals surface area contributed by atoms with E-state index in [1.54, 1.807) is 0 Å². The summed E-state index contributed by atoms with van der Waals surface area (Å²) in [7, 11) is 0. The molecule has 1 saturated carbocycles. The monoisotopic (exact) mass is 286 g/mol. The second-order valence-electron chi connectivity index (χ2n) is 7.02. The molecule has 0 aromatic heterocycles. The molecular formula is C19H30N2. The van der Waals surface area contributed by atoms with Crippen molar-refractivity contribution >= 4 is 5.69 Å². The van der Waals surface area contributed by atoms with Gasteiger partial charge in [0.2, 0.25) is 0 Å². The molecule has 0 spiro atoms. The molecular weight excluding hydrogens is 256 g/mol. The van der Waals surface area contributed by atoms with Gasteiger partial charge in [0.1, 0.15) is 0 Å². The van der Waals surface area contributed by atoms with Gasteiger partial charge in [-0.25, -0.2) is 0 Å². The molecule has 2 nitrogen and oxygen atoms in total. The lowest BCUT2D eigenvalue weighted by Crippen LogP contribution is -2.55. The van der Waals surface area contributed by atoms with Crippen LogP contribution < -0.4 is 10.6 Å². The smallest absolute Gasteiger partial charge is 0.0524 e. The van der Waals surface area contributed by atoms with Crippen LogP contribution >= 0.6 is 0 Å². The second-order valence-corrected chi connectivity index (χ2v) is 7.02. The number of para-hydroxylation sites is 1. The first-order valence-corrected chi connectivity index (χ1v) is 8.85. The zero-order valence-corrected chi connectivity index (χ0v) is 13.5. The highest BCUT2D eigenvalue weighted by Gasteiger charge is 2.38. The average Bonchev–Trinajstić information content (AvgIpc) is 2.77. The Balaban J connectivity index is 1.89. The summed E-state index contributed by atoms with van der Waals surface area (Å²) >= 11 is 0. The van der Waals surface area contributed by atoms with Crippen molar-refractivity contribution in [3.05, 3.63) is 29.8 Å². The number of benzene rings is 1. The molecule has 1 fully saturated rings. The summed E-state index contributed by atoms with van der Waals surface area (Å²) < 4.78 is 0. The largest absolute Gasteiger partial charge is 0.364 e. The first-order chi connectivity index (χ1) is 10.3. The van der Waals surface area contributed by atoms with E-state index in [0.717, 1.165) is 12.5 Å². The van der Waals surface area contributed by atoms with Gasteiger partial charge < -0.3 is 10.6 Å². The SMILES string of the molecule is CCC1CCCC(CN)(N2CCCc3ccccc32)CC1. The number of nitrogens with zero attached hydrogens (tertiary/aromatic N) is 1. The van der Waals surface area contributed by atoms with Crippen molar-refractivity contribution in [2.75, 3.05) is 18.0 Å². The Morgan fingerprint density at radius 3 is 2.86 bits per heavy atom. The minimum atomic E-state index is 0.209. The van der Waals surface area contributed by atoms with Crippen molar-refractivity contribution in [1.82, 2.24) is 0 Å². The van der Waals surface area contributed by atoms with Crippen LogP contribution in [0.3, 0.4) is 0 Å². The lowest BCUT2D eigenvalue weighted by Gasteiger charge is -2.47. The molecule has 2 unspecified atom stereocenters. The lowest BCUT2D eigenvalue weighted by atomic mass is 9.84. The fourth-order valence-corrected chi connectivity index (χ4v) is 4.48. The van der Waals surface area contributed by atoms with Gasteiger partial charge in [0.05, 0.1) is 5.54 Å². The summed E-state index contributed by atoms with van der Waals surface area (Å²) in [5.41, 5.74) is 9.53. The van der Waals surface area contributed by atoms with Gasteiger partial charge in [-0.05, 0) is 49.7 Å². The maximum atomic E-state index is 6.34. The Kier molecular flexibility index (Phi) is 4.54. The Morgan fingerprint density at radius 1 is 1.19 bits per heavy atom. The van der Waals surface area contributed by atoms with Gasteiger partial charge in [-0.15, -0.1) is 0 Å². The summed E-state index contributed by atoms with van der Waals surface area (Å²) in [5, 5.41) is 0. The number of rotatable bonds is 3. The van der Waals surface area contributed by atoms with Crippen LogP contribution in [-0.2, 0) is 6.42 Å². The molecule has 2 atom stereocenters. The molecule has 116 valence electrons. The molecule has 0 radical (unpaired) electrons.